The molecule has 21 heavy (non-hydrogen) atoms. The van der Waals surface area contributed by atoms with Gasteiger partial charge in [-0.15, -0.1) is 0 Å². The minimum atomic E-state index is -3.63. The SMILES string of the molecule is O=S(=O)(NCC(O)C1CC1)c1ccc2nc(Cl)ccc2c1. The quantitative estimate of drug-likeness (QED) is 0.823. The summed E-state index contributed by atoms with van der Waals surface area (Å²) in [5.74, 6) is 0.232. The molecule has 2 N–H and O–H groups in total. The van der Waals surface area contributed by atoms with E-state index in [0.717, 1.165) is 12.8 Å². The van der Waals surface area contributed by atoms with Crippen molar-refractivity contribution in [3.8, 4) is 0 Å². The summed E-state index contributed by atoms with van der Waals surface area (Å²) < 4.78 is 26.9. The van der Waals surface area contributed by atoms with Crippen LogP contribution in [0.5, 0.6) is 0 Å². The van der Waals surface area contributed by atoms with Gasteiger partial charge in [-0.2, -0.15) is 0 Å². The minimum absolute atomic E-state index is 0.0455. The summed E-state index contributed by atoms with van der Waals surface area (Å²) in [4.78, 5) is 4.27. The van der Waals surface area contributed by atoms with Crippen LogP contribution in [0.2, 0.25) is 5.15 Å². The fourth-order valence-electron chi connectivity index (χ4n) is 2.17. The first-order valence-corrected chi connectivity index (χ1v) is 8.56. The highest BCUT2D eigenvalue weighted by Crippen LogP contribution is 2.32. The largest absolute Gasteiger partial charge is 0.391 e. The molecule has 1 aliphatic rings. The van der Waals surface area contributed by atoms with Gasteiger partial charge >= 0.3 is 0 Å². The second-order valence-electron chi connectivity index (χ2n) is 5.25. The first kappa shape index (κ1) is 14.7. The van der Waals surface area contributed by atoms with Crippen LogP contribution in [0.1, 0.15) is 12.8 Å². The molecule has 1 heterocycles. The average Bonchev–Trinajstić information content (AvgIpc) is 3.29. The van der Waals surface area contributed by atoms with Crippen molar-refractivity contribution in [2.75, 3.05) is 6.54 Å². The molecule has 1 saturated carbocycles. The average molecular weight is 327 g/mol. The molecule has 0 radical (unpaired) electrons. The molecular weight excluding hydrogens is 312 g/mol. The van der Waals surface area contributed by atoms with E-state index < -0.39 is 16.1 Å². The zero-order valence-electron chi connectivity index (χ0n) is 11.2. The molecule has 1 aromatic carbocycles. The van der Waals surface area contributed by atoms with E-state index in [1.54, 1.807) is 24.3 Å². The zero-order valence-corrected chi connectivity index (χ0v) is 12.7. The van der Waals surface area contributed by atoms with Gasteiger partial charge in [0.1, 0.15) is 5.15 Å². The molecule has 3 rings (SSSR count). The summed E-state index contributed by atoms with van der Waals surface area (Å²) in [6, 6.07) is 7.99. The lowest BCUT2D eigenvalue weighted by Crippen LogP contribution is -2.33. The summed E-state index contributed by atoms with van der Waals surface area (Å²) >= 11 is 5.80. The van der Waals surface area contributed by atoms with E-state index in [-0.39, 0.29) is 17.4 Å². The Balaban J connectivity index is 1.82. The third kappa shape index (κ3) is 3.35. The number of benzene rings is 1. The molecule has 0 aliphatic heterocycles. The van der Waals surface area contributed by atoms with Crippen molar-refractivity contribution < 1.29 is 13.5 Å². The molecule has 0 spiro atoms. The number of aliphatic hydroxyl groups excluding tert-OH is 1. The van der Waals surface area contributed by atoms with E-state index >= 15 is 0 Å². The Morgan fingerprint density at radius 2 is 2.10 bits per heavy atom. The van der Waals surface area contributed by atoms with Crippen molar-refractivity contribution >= 4 is 32.5 Å². The highest BCUT2D eigenvalue weighted by molar-refractivity contribution is 7.89. The molecular formula is C14H15ClN2O3S. The lowest BCUT2D eigenvalue weighted by Gasteiger charge is -2.11. The second-order valence-corrected chi connectivity index (χ2v) is 7.40. The van der Waals surface area contributed by atoms with E-state index in [0.29, 0.717) is 16.1 Å². The number of aliphatic hydroxyl groups is 1. The van der Waals surface area contributed by atoms with E-state index in [2.05, 4.69) is 9.71 Å². The number of nitrogens with one attached hydrogen (secondary N) is 1. The third-order valence-corrected chi connectivity index (χ3v) is 5.22. The summed E-state index contributed by atoms with van der Waals surface area (Å²) in [5.41, 5.74) is 0.638. The summed E-state index contributed by atoms with van der Waals surface area (Å²) in [7, 11) is -3.63. The smallest absolute Gasteiger partial charge is 0.240 e. The number of aromatic nitrogens is 1. The third-order valence-electron chi connectivity index (χ3n) is 3.59. The van der Waals surface area contributed by atoms with E-state index in [1.807, 2.05) is 0 Å². The lowest BCUT2D eigenvalue weighted by molar-refractivity contribution is 0.155. The molecule has 1 fully saturated rings. The van der Waals surface area contributed by atoms with Crippen LogP contribution in [-0.4, -0.2) is 31.2 Å². The Labute approximate surface area is 128 Å². The molecule has 5 nitrogen and oxygen atoms in total. The molecule has 0 saturated heterocycles. The highest BCUT2D eigenvalue weighted by atomic mass is 35.5. The summed E-state index contributed by atoms with van der Waals surface area (Å²) in [6.45, 7) is 0.0455. The van der Waals surface area contributed by atoms with Gasteiger partial charge in [-0.3, -0.25) is 0 Å². The molecule has 0 bridgehead atoms. The Kier molecular flexibility index (Phi) is 3.88. The zero-order chi connectivity index (χ0) is 15.0. The number of halogens is 1. The van der Waals surface area contributed by atoms with Gasteiger partial charge in [0.05, 0.1) is 16.5 Å². The van der Waals surface area contributed by atoms with Gasteiger partial charge in [0.15, 0.2) is 0 Å². The standard InChI is InChI=1S/C14H15ClN2O3S/c15-14-6-3-10-7-11(4-5-12(10)17-14)21(19,20)16-8-13(18)9-1-2-9/h3-7,9,13,16,18H,1-2,8H2. The van der Waals surface area contributed by atoms with Gasteiger partial charge in [0.25, 0.3) is 0 Å². The van der Waals surface area contributed by atoms with Gasteiger partial charge in [0.2, 0.25) is 10.0 Å². The molecule has 1 unspecified atom stereocenters. The molecule has 1 aliphatic carbocycles. The summed E-state index contributed by atoms with van der Waals surface area (Å²) in [6.07, 6.45) is 1.32. The maximum Gasteiger partial charge on any atom is 0.240 e. The predicted octanol–water partition coefficient (Wildman–Crippen LogP) is 1.94. The number of sulfonamides is 1. The van der Waals surface area contributed by atoms with Crippen molar-refractivity contribution in [3.63, 3.8) is 0 Å². The van der Waals surface area contributed by atoms with Crippen LogP contribution in [0.15, 0.2) is 35.2 Å². The fraction of sp³-hybridized carbons (Fsp3) is 0.357. The van der Waals surface area contributed by atoms with Crippen LogP contribution >= 0.6 is 11.6 Å². The van der Waals surface area contributed by atoms with E-state index in [9.17, 15) is 13.5 Å². The Morgan fingerprint density at radius 1 is 1.33 bits per heavy atom. The van der Waals surface area contributed by atoms with Gasteiger partial charge in [-0.25, -0.2) is 18.1 Å². The molecule has 0 amide bonds. The predicted molar refractivity (Wildman–Crippen MR) is 80.7 cm³/mol. The van der Waals surface area contributed by atoms with Crippen molar-refractivity contribution in [2.24, 2.45) is 5.92 Å². The first-order valence-electron chi connectivity index (χ1n) is 6.70. The van der Waals surface area contributed by atoms with Gasteiger partial charge < -0.3 is 5.11 Å². The van der Waals surface area contributed by atoms with Crippen LogP contribution < -0.4 is 4.72 Å². The number of rotatable bonds is 5. The molecule has 1 aromatic heterocycles. The maximum absolute atomic E-state index is 12.2. The molecule has 1 atom stereocenters. The van der Waals surface area contributed by atoms with Crippen LogP contribution in [0.25, 0.3) is 10.9 Å². The van der Waals surface area contributed by atoms with Gasteiger partial charge in [-0.05, 0) is 49.1 Å². The topological polar surface area (TPSA) is 79.3 Å². The number of hydrogen-bond donors (Lipinski definition) is 2. The highest BCUT2D eigenvalue weighted by Gasteiger charge is 2.30. The molecule has 112 valence electrons. The maximum atomic E-state index is 12.2. The monoisotopic (exact) mass is 326 g/mol. The number of nitrogens with zero attached hydrogens (tertiary/aromatic N) is 1. The number of hydrogen-bond acceptors (Lipinski definition) is 4. The van der Waals surface area contributed by atoms with Crippen LogP contribution in [0, 0.1) is 5.92 Å². The van der Waals surface area contributed by atoms with Gasteiger partial charge in [0, 0.05) is 11.9 Å². The van der Waals surface area contributed by atoms with Crippen molar-refractivity contribution in [2.45, 2.75) is 23.8 Å². The minimum Gasteiger partial charge on any atom is -0.391 e. The molecule has 2 aromatic rings. The van der Waals surface area contributed by atoms with Crippen molar-refractivity contribution in [1.29, 1.82) is 0 Å². The normalized spacial score (nSPS) is 17.0. The van der Waals surface area contributed by atoms with Crippen molar-refractivity contribution in [1.82, 2.24) is 9.71 Å². The van der Waals surface area contributed by atoms with E-state index in [1.165, 1.54) is 6.07 Å². The van der Waals surface area contributed by atoms with Crippen LogP contribution in [0.3, 0.4) is 0 Å². The fourth-order valence-corrected chi connectivity index (χ4v) is 3.41. The van der Waals surface area contributed by atoms with Crippen LogP contribution in [-0.2, 0) is 10.0 Å². The molecule has 7 heteroatoms. The van der Waals surface area contributed by atoms with Gasteiger partial charge in [-0.1, -0.05) is 11.6 Å². The van der Waals surface area contributed by atoms with Crippen LogP contribution in [0.4, 0.5) is 0 Å². The van der Waals surface area contributed by atoms with E-state index in [4.69, 9.17) is 11.6 Å². The van der Waals surface area contributed by atoms with Crippen molar-refractivity contribution in [3.05, 3.63) is 35.5 Å². The lowest BCUT2D eigenvalue weighted by atomic mass is 10.2. The number of fused-ring (bicyclic) bond motifs is 1. The summed E-state index contributed by atoms with van der Waals surface area (Å²) in [5, 5.41) is 10.8. The number of pyridine rings is 1. The first-order chi connectivity index (χ1) is 9.95. The second kappa shape index (κ2) is 5.53. The Morgan fingerprint density at radius 3 is 2.81 bits per heavy atom. The Hall–Kier alpha value is -1.21. The Bertz CT molecular complexity index is 775.